The average Bonchev–Trinajstić information content (AvgIpc) is 2.58. The number of halogens is 2. The molecule has 0 aliphatic carbocycles. The van der Waals surface area contributed by atoms with Gasteiger partial charge in [-0.25, -0.2) is 22.8 Å². The van der Waals surface area contributed by atoms with E-state index >= 15 is 0 Å². The Bertz CT molecular complexity index is 947. The van der Waals surface area contributed by atoms with E-state index in [9.17, 15) is 8.78 Å². The van der Waals surface area contributed by atoms with Crippen LogP contribution in [0.1, 0.15) is 5.56 Å². The van der Waals surface area contributed by atoms with Gasteiger partial charge in [0, 0.05) is 24.3 Å². The van der Waals surface area contributed by atoms with Crippen molar-refractivity contribution >= 4 is 5.69 Å². The molecule has 0 spiro atoms. The highest BCUT2D eigenvalue weighted by Crippen LogP contribution is 2.40. The molecule has 0 bridgehead atoms. The Hall–Kier alpha value is -3.13. The summed E-state index contributed by atoms with van der Waals surface area (Å²) in [6.45, 7) is 8.94. The van der Waals surface area contributed by atoms with E-state index in [2.05, 4.69) is 4.85 Å². The smallest absolute Gasteiger partial charge is 0.232 e. The van der Waals surface area contributed by atoms with E-state index in [4.69, 9.17) is 6.57 Å². The molecular weight excluding hydrogens is 320 g/mol. The summed E-state index contributed by atoms with van der Waals surface area (Å²) in [4.78, 5) is 3.12. The molecule has 3 aromatic rings. The maximum absolute atomic E-state index is 15.0. The molecular formula is C20H17F2N3+2. The number of hydrogen-bond acceptors (Lipinski definition) is 0. The van der Waals surface area contributed by atoms with Gasteiger partial charge in [-0.1, -0.05) is 0 Å². The first kappa shape index (κ1) is 16.7. The number of rotatable bonds is 2. The number of aromatic nitrogens is 2. The Balaban J connectivity index is 2.47. The summed E-state index contributed by atoms with van der Waals surface area (Å²) in [6, 6.07) is 10.7. The van der Waals surface area contributed by atoms with Gasteiger partial charge in [0.2, 0.25) is 11.4 Å². The molecule has 25 heavy (non-hydrogen) atoms. The molecule has 0 aliphatic heterocycles. The van der Waals surface area contributed by atoms with Gasteiger partial charge in [0.25, 0.3) is 5.69 Å². The molecule has 1 aromatic carbocycles. The molecule has 2 heterocycles. The highest BCUT2D eigenvalue weighted by Gasteiger charge is 2.30. The minimum Gasteiger partial charge on any atom is -0.232 e. The molecule has 124 valence electrons. The fraction of sp³-hybridized carbons (Fsp3) is 0.150. The number of hydrogen-bond donors (Lipinski definition) is 0. The Kier molecular flexibility index (Phi) is 4.28. The van der Waals surface area contributed by atoms with Crippen molar-refractivity contribution in [3.05, 3.63) is 77.4 Å². The van der Waals surface area contributed by atoms with Crippen molar-refractivity contribution < 1.29 is 17.9 Å². The quantitative estimate of drug-likeness (QED) is 0.498. The van der Waals surface area contributed by atoms with Crippen LogP contribution < -0.4 is 9.13 Å². The van der Waals surface area contributed by atoms with E-state index < -0.39 is 17.3 Å². The van der Waals surface area contributed by atoms with Crippen LogP contribution in [0.3, 0.4) is 0 Å². The van der Waals surface area contributed by atoms with Crippen molar-refractivity contribution in [3.63, 3.8) is 0 Å². The third kappa shape index (κ3) is 2.66. The molecule has 3 rings (SSSR count). The second-order valence-corrected chi connectivity index (χ2v) is 5.86. The van der Waals surface area contributed by atoms with Crippen molar-refractivity contribution in [1.82, 2.24) is 0 Å². The highest BCUT2D eigenvalue weighted by molar-refractivity contribution is 5.80. The number of pyridine rings is 2. The Morgan fingerprint density at radius 1 is 0.840 bits per heavy atom. The van der Waals surface area contributed by atoms with E-state index in [1.54, 1.807) is 66.8 Å². The third-order valence-electron chi connectivity index (χ3n) is 4.34. The van der Waals surface area contributed by atoms with Crippen molar-refractivity contribution in [2.75, 3.05) is 0 Å². The fourth-order valence-corrected chi connectivity index (χ4v) is 3.06. The summed E-state index contributed by atoms with van der Waals surface area (Å²) >= 11 is 0. The van der Waals surface area contributed by atoms with E-state index in [1.165, 1.54) is 0 Å². The van der Waals surface area contributed by atoms with Crippen LogP contribution in [-0.4, -0.2) is 0 Å². The second kappa shape index (κ2) is 6.40. The van der Waals surface area contributed by atoms with E-state index in [-0.39, 0.29) is 11.1 Å². The minimum absolute atomic E-state index is 0.245. The van der Waals surface area contributed by atoms with Crippen molar-refractivity contribution in [2.24, 2.45) is 14.1 Å². The predicted octanol–water partition coefficient (Wildman–Crippen LogP) is 3.81. The summed E-state index contributed by atoms with van der Waals surface area (Å²) < 4.78 is 33.5. The van der Waals surface area contributed by atoms with Crippen LogP contribution in [0.25, 0.3) is 27.4 Å². The van der Waals surface area contributed by atoms with Crippen molar-refractivity contribution in [2.45, 2.75) is 6.92 Å². The predicted molar refractivity (Wildman–Crippen MR) is 90.6 cm³/mol. The van der Waals surface area contributed by atoms with Crippen LogP contribution >= 0.6 is 0 Å². The van der Waals surface area contributed by atoms with Crippen LogP contribution in [0.2, 0.25) is 0 Å². The zero-order valence-electron chi connectivity index (χ0n) is 14.2. The summed E-state index contributed by atoms with van der Waals surface area (Å²) in [5.74, 6) is -1.65. The van der Waals surface area contributed by atoms with E-state index in [0.717, 1.165) is 0 Å². The SMILES string of the molecule is [C-]#[N+]c1c(F)c(-c2cccc[n+]2C)c(C)c(-c2cccc[n+]2C)c1F. The van der Waals surface area contributed by atoms with E-state index in [1.807, 2.05) is 12.1 Å². The van der Waals surface area contributed by atoms with Crippen LogP contribution in [0.4, 0.5) is 14.5 Å². The molecule has 0 saturated heterocycles. The Morgan fingerprint density at radius 2 is 1.28 bits per heavy atom. The first-order valence-corrected chi connectivity index (χ1v) is 7.76. The van der Waals surface area contributed by atoms with Gasteiger partial charge < -0.3 is 0 Å². The molecule has 2 aromatic heterocycles. The van der Waals surface area contributed by atoms with Crippen LogP contribution in [0, 0.1) is 25.1 Å². The standard InChI is InChI=1S/C20H17F2N3/c1-13-16(14-9-5-7-11-24(14)3)18(21)20(23-2)19(22)17(13)15-10-6-8-12-25(15)4/h5-12H,1,3-4H3/q+2. The lowest BCUT2D eigenvalue weighted by Crippen LogP contribution is -2.32. The Morgan fingerprint density at radius 3 is 1.64 bits per heavy atom. The molecule has 0 fully saturated rings. The lowest BCUT2D eigenvalue weighted by molar-refractivity contribution is -0.660. The molecule has 0 atom stereocenters. The van der Waals surface area contributed by atoms with Gasteiger partial charge in [0.1, 0.15) is 25.7 Å². The molecule has 3 nitrogen and oxygen atoms in total. The number of aryl methyl sites for hydroxylation is 2. The molecule has 0 amide bonds. The highest BCUT2D eigenvalue weighted by atomic mass is 19.1. The van der Waals surface area contributed by atoms with Gasteiger partial charge >= 0.3 is 0 Å². The van der Waals surface area contributed by atoms with Crippen molar-refractivity contribution in [1.29, 1.82) is 0 Å². The summed E-state index contributed by atoms with van der Waals surface area (Å²) in [5.41, 5.74) is 1.54. The third-order valence-corrected chi connectivity index (χ3v) is 4.34. The van der Waals surface area contributed by atoms with E-state index in [0.29, 0.717) is 17.0 Å². The zero-order chi connectivity index (χ0) is 18.1. The zero-order valence-corrected chi connectivity index (χ0v) is 14.2. The first-order valence-electron chi connectivity index (χ1n) is 7.76. The first-order chi connectivity index (χ1) is 12.0. The molecule has 5 heteroatoms. The maximum atomic E-state index is 15.0. The monoisotopic (exact) mass is 337 g/mol. The summed E-state index contributed by atoms with van der Waals surface area (Å²) in [6.07, 6.45) is 3.58. The van der Waals surface area contributed by atoms with Gasteiger partial charge in [-0.05, 0) is 24.6 Å². The molecule has 0 N–H and O–H groups in total. The summed E-state index contributed by atoms with van der Waals surface area (Å²) in [5, 5.41) is 0. The van der Waals surface area contributed by atoms with Gasteiger partial charge in [0.05, 0.1) is 17.7 Å². The normalized spacial score (nSPS) is 10.6. The van der Waals surface area contributed by atoms with Gasteiger partial charge in [-0.3, -0.25) is 0 Å². The van der Waals surface area contributed by atoms with Crippen LogP contribution in [-0.2, 0) is 14.1 Å². The Labute approximate surface area is 145 Å². The lowest BCUT2D eigenvalue weighted by atomic mass is 9.94. The van der Waals surface area contributed by atoms with Crippen LogP contribution in [0.15, 0.2) is 48.8 Å². The molecule has 0 unspecified atom stereocenters. The minimum atomic E-state index is -0.825. The summed E-state index contributed by atoms with van der Waals surface area (Å²) in [7, 11) is 3.58. The maximum Gasteiger partial charge on any atom is 0.258 e. The average molecular weight is 337 g/mol. The van der Waals surface area contributed by atoms with Gasteiger partial charge in [0.15, 0.2) is 12.4 Å². The van der Waals surface area contributed by atoms with Crippen molar-refractivity contribution in [3.8, 4) is 22.5 Å². The molecule has 0 aliphatic rings. The largest absolute Gasteiger partial charge is 0.258 e. The topological polar surface area (TPSA) is 12.1 Å². The van der Waals surface area contributed by atoms with Gasteiger partial charge in [-0.15, -0.1) is 0 Å². The van der Waals surface area contributed by atoms with Crippen LogP contribution in [0.5, 0.6) is 0 Å². The molecule has 0 radical (unpaired) electrons. The fourth-order valence-electron chi connectivity index (χ4n) is 3.06. The van der Waals surface area contributed by atoms with Gasteiger partial charge in [-0.2, -0.15) is 0 Å². The second-order valence-electron chi connectivity index (χ2n) is 5.86. The molecule has 0 saturated carbocycles. The number of nitrogens with zero attached hydrogens (tertiary/aromatic N) is 3. The number of benzene rings is 1. The lowest BCUT2D eigenvalue weighted by Gasteiger charge is -2.13.